The number of benzene rings is 3. The molecule has 3 rings (SSSR count). The van der Waals surface area contributed by atoms with E-state index in [-0.39, 0.29) is 11.9 Å². The minimum atomic E-state index is -0.108. The van der Waals surface area contributed by atoms with E-state index in [2.05, 4.69) is 53.4 Å². The Bertz CT molecular complexity index is 834. The second-order valence-corrected chi connectivity index (χ2v) is 7.16. The molecule has 0 heterocycles. The minimum absolute atomic E-state index is 0.108. The van der Waals surface area contributed by atoms with Crippen LogP contribution >= 0.6 is 0 Å². The standard InChI is InChI=1S/C25H28N2O/c1-4-24(28)27(19-20-15-17-23(18-16-20)26(2)3)25(21-11-7-5-8-12-21)22-13-9-6-10-14-22/h5-18,25H,4,19H2,1-3H3. The predicted octanol–water partition coefficient (Wildman–Crippen LogP) is 5.28. The fourth-order valence-electron chi connectivity index (χ4n) is 3.45. The van der Waals surface area contributed by atoms with Crippen molar-refractivity contribution in [1.82, 2.24) is 4.90 Å². The van der Waals surface area contributed by atoms with Gasteiger partial charge in [0.05, 0.1) is 6.04 Å². The van der Waals surface area contributed by atoms with Crippen LogP contribution in [-0.2, 0) is 11.3 Å². The molecular formula is C25H28N2O. The van der Waals surface area contributed by atoms with Gasteiger partial charge < -0.3 is 9.80 Å². The molecule has 0 saturated carbocycles. The van der Waals surface area contributed by atoms with E-state index < -0.39 is 0 Å². The Labute approximate surface area is 168 Å². The van der Waals surface area contributed by atoms with Crippen LogP contribution in [0.1, 0.15) is 36.1 Å². The lowest BCUT2D eigenvalue weighted by Gasteiger charge is -2.33. The summed E-state index contributed by atoms with van der Waals surface area (Å²) in [4.78, 5) is 17.1. The number of amides is 1. The van der Waals surface area contributed by atoms with Gasteiger partial charge in [-0.25, -0.2) is 0 Å². The first-order valence-corrected chi connectivity index (χ1v) is 9.75. The SMILES string of the molecule is CCC(=O)N(Cc1ccc(N(C)C)cc1)C(c1ccccc1)c1ccccc1. The fraction of sp³-hybridized carbons (Fsp3) is 0.240. The van der Waals surface area contributed by atoms with Crippen molar-refractivity contribution in [2.45, 2.75) is 25.9 Å². The Morgan fingerprint density at radius 1 is 0.786 bits per heavy atom. The van der Waals surface area contributed by atoms with Crippen LogP contribution in [0.25, 0.3) is 0 Å². The maximum absolute atomic E-state index is 13.0. The largest absolute Gasteiger partial charge is 0.378 e. The number of rotatable bonds is 7. The normalized spacial score (nSPS) is 10.7. The molecule has 0 aromatic heterocycles. The molecule has 3 aromatic rings. The maximum Gasteiger partial charge on any atom is 0.223 e. The topological polar surface area (TPSA) is 23.6 Å². The van der Waals surface area contributed by atoms with Crippen LogP contribution in [0.4, 0.5) is 5.69 Å². The number of carbonyl (C=O) groups is 1. The highest BCUT2D eigenvalue weighted by Gasteiger charge is 2.26. The molecule has 0 N–H and O–H groups in total. The van der Waals surface area contributed by atoms with E-state index in [1.165, 1.54) is 0 Å². The number of anilines is 1. The molecule has 0 aliphatic rings. The molecule has 1 amide bonds. The number of hydrogen-bond acceptors (Lipinski definition) is 2. The molecule has 0 bridgehead atoms. The summed E-state index contributed by atoms with van der Waals surface area (Å²) in [5.74, 6) is 0.148. The van der Waals surface area contributed by atoms with Gasteiger partial charge in [0.1, 0.15) is 0 Å². The summed E-state index contributed by atoms with van der Waals surface area (Å²) < 4.78 is 0. The molecule has 0 saturated heterocycles. The van der Waals surface area contributed by atoms with Crippen LogP contribution < -0.4 is 4.90 Å². The summed E-state index contributed by atoms with van der Waals surface area (Å²) in [6.45, 7) is 2.51. The zero-order valence-electron chi connectivity index (χ0n) is 16.9. The summed E-state index contributed by atoms with van der Waals surface area (Å²) in [5, 5.41) is 0. The first-order valence-electron chi connectivity index (χ1n) is 9.75. The van der Waals surface area contributed by atoms with Gasteiger partial charge in [-0.05, 0) is 28.8 Å². The van der Waals surface area contributed by atoms with Gasteiger partial charge in [-0.15, -0.1) is 0 Å². The maximum atomic E-state index is 13.0. The molecule has 3 heteroatoms. The molecular weight excluding hydrogens is 344 g/mol. The van der Waals surface area contributed by atoms with Crippen molar-refractivity contribution in [3.8, 4) is 0 Å². The third-order valence-electron chi connectivity index (χ3n) is 4.97. The molecule has 0 spiro atoms. The van der Waals surface area contributed by atoms with Crippen LogP contribution in [0.2, 0.25) is 0 Å². The Kier molecular flexibility index (Phi) is 6.49. The van der Waals surface area contributed by atoms with Crippen molar-refractivity contribution in [1.29, 1.82) is 0 Å². The molecule has 0 radical (unpaired) electrons. The van der Waals surface area contributed by atoms with Crippen molar-refractivity contribution < 1.29 is 4.79 Å². The number of carbonyl (C=O) groups excluding carboxylic acids is 1. The third-order valence-corrected chi connectivity index (χ3v) is 4.97. The molecule has 0 unspecified atom stereocenters. The molecule has 0 aliphatic carbocycles. The molecule has 3 nitrogen and oxygen atoms in total. The highest BCUT2D eigenvalue weighted by molar-refractivity contribution is 5.77. The zero-order chi connectivity index (χ0) is 19.9. The second kappa shape index (κ2) is 9.23. The van der Waals surface area contributed by atoms with E-state index in [0.717, 1.165) is 22.4 Å². The van der Waals surface area contributed by atoms with Gasteiger partial charge in [-0.3, -0.25) is 4.79 Å². The Balaban J connectivity index is 2.00. The lowest BCUT2D eigenvalue weighted by atomic mass is 9.96. The second-order valence-electron chi connectivity index (χ2n) is 7.16. The van der Waals surface area contributed by atoms with E-state index in [1.807, 2.05) is 62.3 Å². The van der Waals surface area contributed by atoms with Crippen LogP contribution in [0.5, 0.6) is 0 Å². The van der Waals surface area contributed by atoms with Gasteiger partial charge >= 0.3 is 0 Å². The summed E-state index contributed by atoms with van der Waals surface area (Å²) in [6.07, 6.45) is 0.478. The van der Waals surface area contributed by atoms with Crippen LogP contribution in [0, 0.1) is 0 Å². The van der Waals surface area contributed by atoms with E-state index in [1.54, 1.807) is 0 Å². The summed E-state index contributed by atoms with van der Waals surface area (Å²) in [7, 11) is 4.06. The first kappa shape index (κ1) is 19.7. The molecule has 3 aromatic carbocycles. The predicted molar refractivity (Wildman–Crippen MR) is 116 cm³/mol. The Morgan fingerprint density at radius 2 is 1.29 bits per heavy atom. The lowest BCUT2D eigenvalue weighted by Crippen LogP contribution is -2.34. The molecule has 144 valence electrons. The zero-order valence-corrected chi connectivity index (χ0v) is 16.9. The first-order chi connectivity index (χ1) is 13.6. The van der Waals surface area contributed by atoms with Crippen molar-refractivity contribution in [3.63, 3.8) is 0 Å². The summed E-state index contributed by atoms with van der Waals surface area (Å²) in [6, 6.07) is 28.9. The van der Waals surface area contributed by atoms with Crippen molar-refractivity contribution in [2.75, 3.05) is 19.0 Å². The van der Waals surface area contributed by atoms with Crippen molar-refractivity contribution in [2.24, 2.45) is 0 Å². The van der Waals surface area contributed by atoms with Crippen LogP contribution in [0.3, 0.4) is 0 Å². The smallest absolute Gasteiger partial charge is 0.223 e. The monoisotopic (exact) mass is 372 g/mol. The minimum Gasteiger partial charge on any atom is -0.378 e. The van der Waals surface area contributed by atoms with Crippen LogP contribution in [0.15, 0.2) is 84.9 Å². The highest BCUT2D eigenvalue weighted by atomic mass is 16.2. The van der Waals surface area contributed by atoms with Crippen molar-refractivity contribution >= 4 is 11.6 Å². The fourth-order valence-corrected chi connectivity index (χ4v) is 3.45. The van der Waals surface area contributed by atoms with E-state index >= 15 is 0 Å². The van der Waals surface area contributed by atoms with E-state index in [0.29, 0.717) is 13.0 Å². The molecule has 0 aliphatic heterocycles. The molecule has 0 fully saturated rings. The van der Waals surface area contributed by atoms with Gasteiger partial charge in [0, 0.05) is 32.7 Å². The van der Waals surface area contributed by atoms with Crippen molar-refractivity contribution in [3.05, 3.63) is 102 Å². The average Bonchev–Trinajstić information content (AvgIpc) is 2.74. The number of hydrogen-bond donors (Lipinski definition) is 0. The van der Waals surface area contributed by atoms with E-state index in [4.69, 9.17) is 0 Å². The van der Waals surface area contributed by atoms with Gasteiger partial charge in [-0.2, -0.15) is 0 Å². The summed E-state index contributed by atoms with van der Waals surface area (Å²) >= 11 is 0. The Hall–Kier alpha value is -3.07. The van der Waals surface area contributed by atoms with E-state index in [9.17, 15) is 4.79 Å². The highest BCUT2D eigenvalue weighted by Crippen LogP contribution is 2.31. The summed E-state index contributed by atoms with van der Waals surface area (Å²) in [5.41, 5.74) is 4.53. The molecule has 0 atom stereocenters. The van der Waals surface area contributed by atoms with Gasteiger partial charge in [0.2, 0.25) is 5.91 Å². The quantitative estimate of drug-likeness (QED) is 0.563. The Morgan fingerprint density at radius 3 is 1.71 bits per heavy atom. The third kappa shape index (κ3) is 4.61. The lowest BCUT2D eigenvalue weighted by molar-refractivity contribution is -0.133. The van der Waals surface area contributed by atoms with Gasteiger partial charge in [0.15, 0.2) is 0 Å². The average molecular weight is 373 g/mol. The van der Waals surface area contributed by atoms with Gasteiger partial charge in [-0.1, -0.05) is 79.7 Å². The molecule has 28 heavy (non-hydrogen) atoms. The van der Waals surface area contributed by atoms with Crippen LogP contribution in [-0.4, -0.2) is 24.9 Å². The van der Waals surface area contributed by atoms with Gasteiger partial charge in [0.25, 0.3) is 0 Å². The number of nitrogens with zero attached hydrogens (tertiary/aromatic N) is 2.